The Morgan fingerprint density at radius 1 is 1.53 bits per heavy atom. The number of nitrogens with one attached hydrogen (secondary N) is 1. The second-order valence-corrected chi connectivity index (χ2v) is 4.36. The Hall–Kier alpha value is -1.42. The van der Waals surface area contributed by atoms with E-state index >= 15 is 0 Å². The highest BCUT2D eigenvalue weighted by atomic mass is 19.1. The quantitative estimate of drug-likeness (QED) is 0.799. The monoisotopic (exact) mass is 237 g/mol. The van der Waals surface area contributed by atoms with Crippen LogP contribution in [0.25, 0.3) is 0 Å². The van der Waals surface area contributed by atoms with Crippen molar-refractivity contribution in [3.8, 4) is 0 Å². The van der Waals surface area contributed by atoms with Crippen molar-refractivity contribution in [1.29, 1.82) is 0 Å². The molecule has 1 aliphatic heterocycles. The summed E-state index contributed by atoms with van der Waals surface area (Å²) in [7, 11) is 1.31. The molecule has 0 spiro atoms. The van der Waals surface area contributed by atoms with Crippen molar-refractivity contribution in [2.24, 2.45) is 0 Å². The number of hydrogen-bond acceptors (Lipinski definition) is 3. The predicted octanol–water partition coefficient (Wildman–Crippen LogP) is 2.00. The van der Waals surface area contributed by atoms with Crippen molar-refractivity contribution in [3.63, 3.8) is 0 Å². The van der Waals surface area contributed by atoms with Gasteiger partial charge in [-0.3, -0.25) is 0 Å². The Morgan fingerprint density at radius 3 is 2.88 bits per heavy atom. The molecule has 0 aliphatic carbocycles. The lowest BCUT2D eigenvalue weighted by Gasteiger charge is -2.13. The average molecular weight is 237 g/mol. The molecular weight excluding hydrogens is 221 g/mol. The summed E-state index contributed by atoms with van der Waals surface area (Å²) in [6, 6.07) is 3.28. The van der Waals surface area contributed by atoms with Gasteiger partial charge >= 0.3 is 5.97 Å². The number of methoxy groups -OCH3 is 1. The predicted molar refractivity (Wildman–Crippen MR) is 62.7 cm³/mol. The maximum absolute atomic E-state index is 13.8. The van der Waals surface area contributed by atoms with Gasteiger partial charge in [-0.05, 0) is 49.1 Å². The largest absolute Gasteiger partial charge is 0.465 e. The molecule has 0 bridgehead atoms. The third kappa shape index (κ3) is 2.31. The van der Waals surface area contributed by atoms with Crippen LogP contribution in [0.4, 0.5) is 4.39 Å². The van der Waals surface area contributed by atoms with E-state index in [-0.39, 0.29) is 11.7 Å². The molecule has 92 valence electrons. The van der Waals surface area contributed by atoms with Gasteiger partial charge in [0.15, 0.2) is 0 Å². The highest BCUT2D eigenvalue weighted by molar-refractivity contribution is 5.91. The van der Waals surface area contributed by atoms with Crippen LogP contribution in [-0.2, 0) is 4.74 Å². The van der Waals surface area contributed by atoms with Gasteiger partial charge in [0, 0.05) is 6.54 Å². The van der Waals surface area contributed by atoms with Gasteiger partial charge in [0.05, 0.1) is 12.7 Å². The molecule has 1 N–H and O–H groups in total. The van der Waals surface area contributed by atoms with E-state index in [1.165, 1.54) is 13.2 Å². The van der Waals surface area contributed by atoms with E-state index in [9.17, 15) is 9.18 Å². The lowest BCUT2D eigenvalue weighted by atomic mass is 9.94. The lowest BCUT2D eigenvalue weighted by molar-refractivity contribution is 0.0599. The molecule has 17 heavy (non-hydrogen) atoms. The Kier molecular flexibility index (Phi) is 3.43. The number of ether oxygens (including phenoxy) is 1. The highest BCUT2D eigenvalue weighted by Gasteiger charge is 2.21. The minimum Gasteiger partial charge on any atom is -0.465 e. The van der Waals surface area contributed by atoms with Gasteiger partial charge in [-0.15, -0.1) is 0 Å². The lowest BCUT2D eigenvalue weighted by Crippen LogP contribution is -2.11. The standard InChI is InChI=1S/C13H16FNO2/c1-8-11(13(16)17-2)5-10(6-12(8)14)9-3-4-15-7-9/h5-6,9,15H,3-4,7H2,1-2H3. The van der Waals surface area contributed by atoms with Crippen LogP contribution in [0.5, 0.6) is 0 Å². The van der Waals surface area contributed by atoms with Crippen LogP contribution in [-0.4, -0.2) is 26.2 Å². The van der Waals surface area contributed by atoms with Gasteiger partial charge in [0.1, 0.15) is 5.82 Å². The van der Waals surface area contributed by atoms with E-state index in [1.807, 2.05) is 0 Å². The summed E-state index contributed by atoms with van der Waals surface area (Å²) < 4.78 is 18.4. The van der Waals surface area contributed by atoms with Crippen molar-refractivity contribution in [2.75, 3.05) is 20.2 Å². The maximum atomic E-state index is 13.8. The first kappa shape index (κ1) is 12.0. The first-order chi connectivity index (χ1) is 8.13. The molecule has 0 aromatic heterocycles. The van der Waals surface area contributed by atoms with E-state index in [4.69, 9.17) is 0 Å². The molecule has 4 heteroatoms. The first-order valence-electron chi connectivity index (χ1n) is 5.72. The molecule has 0 amide bonds. The zero-order valence-electron chi connectivity index (χ0n) is 10.0. The second kappa shape index (κ2) is 4.84. The third-order valence-electron chi connectivity index (χ3n) is 3.30. The molecule has 0 radical (unpaired) electrons. The van der Waals surface area contributed by atoms with Crippen LogP contribution in [0.1, 0.15) is 33.8 Å². The number of halogens is 1. The molecule has 0 saturated carbocycles. The summed E-state index contributed by atoms with van der Waals surface area (Å²) >= 11 is 0. The number of esters is 1. The summed E-state index contributed by atoms with van der Waals surface area (Å²) in [4.78, 5) is 11.5. The molecule has 1 aromatic carbocycles. The molecule has 1 aromatic rings. The molecular formula is C13H16FNO2. The zero-order chi connectivity index (χ0) is 12.4. The van der Waals surface area contributed by atoms with Gasteiger partial charge < -0.3 is 10.1 Å². The van der Waals surface area contributed by atoms with Crippen LogP contribution in [0, 0.1) is 12.7 Å². The van der Waals surface area contributed by atoms with E-state index in [0.29, 0.717) is 11.1 Å². The number of rotatable bonds is 2. The molecule has 3 nitrogen and oxygen atoms in total. The van der Waals surface area contributed by atoms with Gasteiger partial charge in [-0.25, -0.2) is 9.18 Å². The first-order valence-corrected chi connectivity index (χ1v) is 5.72. The molecule has 1 saturated heterocycles. The average Bonchev–Trinajstić information content (AvgIpc) is 2.85. The minimum atomic E-state index is -0.478. The normalized spacial score (nSPS) is 19.4. The summed E-state index contributed by atoms with van der Waals surface area (Å²) in [6.45, 7) is 3.37. The van der Waals surface area contributed by atoms with Crippen LogP contribution < -0.4 is 5.32 Å². The topological polar surface area (TPSA) is 38.3 Å². The van der Waals surface area contributed by atoms with Crippen LogP contribution in [0.3, 0.4) is 0 Å². The van der Waals surface area contributed by atoms with Gasteiger partial charge in [0.25, 0.3) is 0 Å². The fourth-order valence-corrected chi connectivity index (χ4v) is 2.20. The van der Waals surface area contributed by atoms with E-state index in [1.54, 1.807) is 13.0 Å². The number of hydrogen-bond donors (Lipinski definition) is 1. The molecule has 1 heterocycles. The van der Waals surface area contributed by atoms with Crippen molar-refractivity contribution in [3.05, 3.63) is 34.6 Å². The van der Waals surface area contributed by atoms with Crippen molar-refractivity contribution < 1.29 is 13.9 Å². The van der Waals surface area contributed by atoms with Crippen molar-refractivity contribution in [2.45, 2.75) is 19.3 Å². The highest BCUT2D eigenvalue weighted by Crippen LogP contribution is 2.26. The summed E-state index contributed by atoms with van der Waals surface area (Å²) in [5.74, 6) is -0.530. The Morgan fingerprint density at radius 2 is 2.29 bits per heavy atom. The second-order valence-electron chi connectivity index (χ2n) is 4.36. The smallest absolute Gasteiger partial charge is 0.338 e. The van der Waals surface area contributed by atoms with Crippen molar-refractivity contribution in [1.82, 2.24) is 5.32 Å². The zero-order valence-corrected chi connectivity index (χ0v) is 10.0. The Labute approximate surface area is 100.0 Å². The van der Waals surface area contributed by atoms with Gasteiger partial charge in [-0.2, -0.15) is 0 Å². The number of carbonyl (C=O) groups is 1. The molecule has 1 atom stereocenters. The number of carbonyl (C=O) groups excluding carboxylic acids is 1. The van der Waals surface area contributed by atoms with Crippen LogP contribution >= 0.6 is 0 Å². The summed E-state index contributed by atoms with van der Waals surface area (Å²) in [5.41, 5.74) is 1.56. The Bertz CT molecular complexity index is 439. The fraction of sp³-hybridized carbons (Fsp3) is 0.462. The third-order valence-corrected chi connectivity index (χ3v) is 3.30. The van der Waals surface area contributed by atoms with E-state index in [0.717, 1.165) is 25.1 Å². The van der Waals surface area contributed by atoms with E-state index < -0.39 is 5.97 Å². The van der Waals surface area contributed by atoms with Crippen LogP contribution in [0.15, 0.2) is 12.1 Å². The molecule has 1 fully saturated rings. The van der Waals surface area contributed by atoms with E-state index in [2.05, 4.69) is 10.1 Å². The summed E-state index contributed by atoms with van der Waals surface area (Å²) in [6.07, 6.45) is 0.975. The summed E-state index contributed by atoms with van der Waals surface area (Å²) in [5, 5.41) is 3.23. The molecule has 2 rings (SSSR count). The van der Waals surface area contributed by atoms with Gasteiger partial charge in [-0.1, -0.05) is 0 Å². The number of benzene rings is 1. The molecule has 1 unspecified atom stereocenters. The SMILES string of the molecule is COC(=O)c1cc(C2CCNC2)cc(F)c1C. The van der Waals surface area contributed by atoms with Crippen molar-refractivity contribution >= 4 is 5.97 Å². The molecule has 1 aliphatic rings. The maximum Gasteiger partial charge on any atom is 0.338 e. The fourth-order valence-electron chi connectivity index (χ4n) is 2.20. The van der Waals surface area contributed by atoms with Gasteiger partial charge in [0.2, 0.25) is 0 Å². The Balaban J connectivity index is 2.41. The minimum absolute atomic E-state index is 0.286. The van der Waals surface area contributed by atoms with Crippen LogP contribution in [0.2, 0.25) is 0 Å².